The number of rotatable bonds is 11. The number of azo groups is 2. The topological polar surface area (TPSA) is 304 Å². The Morgan fingerprint density at radius 2 is 1.47 bits per heavy atom. The Morgan fingerprint density at radius 3 is 2.09 bits per heavy atom. The van der Waals surface area contributed by atoms with Crippen molar-refractivity contribution < 1.29 is 65.5 Å². The van der Waals surface area contributed by atoms with Crippen LogP contribution >= 0.6 is 12.0 Å². The third-order valence-corrected chi connectivity index (χ3v) is 8.27. The first kappa shape index (κ1) is 34.8. The second-order valence-corrected chi connectivity index (χ2v) is 12.6. The molecule has 0 aromatic heterocycles. The highest BCUT2D eigenvalue weighted by Gasteiger charge is 2.25. The largest absolute Gasteiger partial charge is 0.505 e. The van der Waals surface area contributed by atoms with E-state index in [1.807, 2.05) is 0 Å². The van der Waals surface area contributed by atoms with Crippen LogP contribution in [0, 0.1) is 0 Å². The second-order valence-electron chi connectivity index (χ2n) is 9.03. The maximum absolute atomic E-state index is 12.2. The highest BCUT2D eigenvalue weighted by Crippen LogP contribution is 2.48. The number of fused-ring (bicyclic) bond motifs is 1. The number of benzene rings is 4. The summed E-state index contributed by atoms with van der Waals surface area (Å²) in [5.74, 6) is -3.73. The lowest BCUT2D eigenvalue weighted by Gasteiger charge is -2.11. The summed E-state index contributed by atoms with van der Waals surface area (Å²) in [5, 5.41) is 60.4. The van der Waals surface area contributed by atoms with Crippen molar-refractivity contribution in [1.29, 1.82) is 0 Å². The van der Waals surface area contributed by atoms with Crippen LogP contribution in [0.4, 0.5) is 28.4 Å². The molecule has 0 aliphatic carbocycles. The molecule has 4 aromatic carbocycles. The Labute approximate surface area is 267 Å². The van der Waals surface area contributed by atoms with Crippen molar-refractivity contribution in [2.75, 3.05) is 5.32 Å². The third-order valence-electron chi connectivity index (χ3n) is 5.90. The van der Waals surface area contributed by atoms with Crippen LogP contribution < -0.4 is 5.32 Å². The number of anilines is 1. The van der Waals surface area contributed by atoms with Gasteiger partial charge in [0.1, 0.15) is 27.6 Å². The SMILES string of the molecule is CC(=O)Nc1ccc(N=Nc2ccc3cc(S(=O)(=O)O)c(N=Nc4cc(S(=O)(=O)O)ccc4SOOO)c(O)c3c2O)c(C(=O)O)c1. The zero-order valence-electron chi connectivity index (χ0n) is 23.2. The Morgan fingerprint density at radius 1 is 0.809 bits per heavy atom. The van der Waals surface area contributed by atoms with Gasteiger partial charge in [0.25, 0.3) is 20.2 Å². The summed E-state index contributed by atoms with van der Waals surface area (Å²) in [7, 11) is -9.92. The number of phenolic OH excluding ortho intramolecular Hbond substituents is 2. The van der Waals surface area contributed by atoms with Crippen LogP contribution in [0.2, 0.25) is 0 Å². The second kappa shape index (κ2) is 13.7. The maximum Gasteiger partial charge on any atom is 0.338 e. The number of hydrogen-bond donors (Lipinski definition) is 7. The Kier molecular flexibility index (Phi) is 10.2. The molecule has 0 atom stereocenters. The lowest BCUT2D eigenvalue weighted by atomic mass is 10.1. The number of amides is 1. The van der Waals surface area contributed by atoms with Crippen LogP contribution in [-0.4, -0.2) is 58.4 Å². The first-order valence-electron chi connectivity index (χ1n) is 12.2. The standard InChI is InChI=1S/C25H19N5O14S3/c1-11(31)26-13-3-6-16(15(9-13)25(34)35)27-28-17-5-2-12-8-20(47(40,41)42)22(24(33)21(12)23(17)32)30-29-18-10-14(46(37,38)39)4-7-19(18)45-44-43-36/h2-10,32-33,36H,1H3,(H,26,31)(H,34,35)(H,37,38,39)(H,40,41,42). The summed E-state index contributed by atoms with van der Waals surface area (Å²) >= 11 is 0.281. The smallest absolute Gasteiger partial charge is 0.338 e. The molecule has 7 N–H and O–H groups in total. The fraction of sp³-hybridized carbons (Fsp3) is 0.0400. The lowest BCUT2D eigenvalue weighted by Crippen LogP contribution is -2.07. The zero-order chi connectivity index (χ0) is 34.7. The summed E-state index contributed by atoms with van der Waals surface area (Å²) in [6, 6.07) is 9.54. The molecule has 19 nitrogen and oxygen atoms in total. The quantitative estimate of drug-likeness (QED) is 0.0325. The lowest BCUT2D eigenvalue weighted by molar-refractivity contribution is -0.432. The molecule has 0 heterocycles. The van der Waals surface area contributed by atoms with Gasteiger partial charge in [-0.25, -0.2) is 10.1 Å². The predicted molar refractivity (Wildman–Crippen MR) is 160 cm³/mol. The zero-order valence-corrected chi connectivity index (χ0v) is 25.6. The van der Waals surface area contributed by atoms with Crippen molar-refractivity contribution in [3.63, 3.8) is 0 Å². The molecule has 47 heavy (non-hydrogen) atoms. The minimum Gasteiger partial charge on any atom is -0.505 e. The number of phenols is 2. The van der Waals surface area contributed by atoms with E-state index in [9.17, 15) is 50.8 Å². The number of nitrogens with one attached hydrogen (secondary N) is 1. The van der Waals surface area contributed by atoms with Crippen molar-refractivity contribution in [1.82, 2.24) is 0 Å². The van der Waals surface area contributed by atoms with E-state index in [1.54, 1.807) is 0 Å². The monoisotopic (exact) mass is 709 g/mol. The van der Waals surface area contributed by atoms with E-state index in [-0.39, 0.29) is 45.0 Å². The van der Waals surface area contributed by atoms with Gasteiger partial charge in [0.15, 0.2) is 11.5 Å². The molecular formula is C25H19N5O14S3. The third kappa shape index (κ3) is 8.02. The van der Waals surface area contributed by atoms with Gasteiger partial charge in [-0.15, -0.1) is 24.8 Å². The Bertz CT molecular complexity index is 2210. The number of carboxylic acids is 1. The number of aromatic carboxylic acids is 1. The number of carbonyl (C=O) groups is 2. The number of aromatic hydroxyl groups is 2. The molecule has 246 valence electrons. The van der Waals surface area contributed by atoms with Crippen LogP contribution in [-0.2, 0) is 34.4 Å². The number of nitrogens with zero attached hydrogens (tertiary/aromatic N) is 4. The molecule has 0 saturated carbocycles. The van der Waals surface area contributed by atoms with Gasteiger partial charge in [0, 0.05) is 12.6 Å². The molecule has 0 fully saturated rings. The summed E-state index contributed by atoms with van der Waals surface area (Å²) in [6.45, 7) is 1.22. The van der Waals surface area contributed by atoms with Gasteiger partial charge in [-0.1, -0.05) is 11.1 Å². The van der Waals surface area contributed by atoms with E-state index in [1.165, 1.54) is 25.1 Å². The molecule has 0 radical (unpaired) electrons. The first-order chi connectivity index (χ1) is 22.0. The molecule has 0 saturated heterocycles. The van der Waals surface area contributed by atoms with Crippen LogP contribution in [0.5, 0.6) is 11.5 Å². The summed E-state index contributed by atoms with van der Waals surface area (Å²) < 4.78 is 71.3. The van der Waals surface area contributed by atoms with Crippen LogP contribution in [0.3, 0.4) is 0 Å². The molecule has 22 heteroatoms. The molecular weight excluding hydrogens is 690 g/mol. The van der Waals surface area contributed by atoms with E-state index < -0.39 is 70.2 Å². The predicted octanol–water partition coefficient (Wildman–Crippen LogP) is 5.66. The van der Waals surface area contributed by atoms with Gasteiger partial charge in [0.05, 0.1) is 32.8 Å². The fourth-order valence-electron chi connectivity index (χ4n) is 3.93. The average molecular weight is 710 g/mol. The minimum absolute atomic E-state index is 0.111. The first-order valence-corrected chi connectivity index (χ1v) is 15.9. The fourth-order valence-corrected chi connectivity index (χ4v) is 5.50. The summed E-state index contributed by atoms with van der Waals surface area (Å²) in [5.41, 5.74) is -2.13. The van der Waals surface area contributed by atoms with E-state index in [0.29, 0.717) is 0 Å². The van der Waals surface area contributed by atoms with Gasteiger partial charge in [-0.05, 0) is 53.9 Å². The van der Waals surface area contributed by atoms with Crippen molar-refractivity contribution in [2.24, 2.45) is 20.5 Å². The minimum atomic E-state index is -5.14. The van der Waals surface area contributed by atoms with E-state index in [4.69, 9.17) is 5.26 Å². The van der Waals surface area contributed by atoms with Crippen molar-refractivity contribution in [3.8, 4) is 11.5 Å². The number of hydrogen-bond acceptors (Lipinski definition) is 16. The Hall–Kier alpha value is -5.07. The maximum atomic E-state index is 12.2. The molecule has 1 amide bonds. The highest BCUT2D eigenvalue weighted by molar-refractivity contribution is 7.94. The number of carboxylic acid groups (broad SMARTS) is 1. The number of carbonyl (C=O) groups excluding carboxylic acids is 1. The van der Waals surface area contributed by atoms with E-state index >= 15 is 0 Å². The highest BCUT2D eigenvalue weighted by atomic mass is 32.2. The van der Waals surface area contributed by atoms with E-state index in [0.717, 1.165) is 36.4 Å². The molecule has 4 rings (SSSR count). The molecule has 0 bridgehead atoms. The average Bonchev–Trinajstić information content (AvgIpc) is 2.98. The Balaban J connectivity index is 1.87. The molecule has 0 unspecified atom stereocenters. The molecule has 0 aliphatic heterocycles. The molecule has 0 aliphatic rings. The van der Waals surface area contributed by atoms with Crippen molar-refractivity contribution in [3.05, 3.63) is 60.2 Å². The van der Waals surface area contributed by atoms with Crippen LogP contribution in [0.25, 0.3) is 10.8 Å². The van der Waals surface area contributed by atoms with Crippen LogP contribution in [0.15, 0.2) is 89.7 Å². The molecule has 4 aromatic rings. The van der Waals surface area contributed by atoms with E-state index in [2.05, 4.69) is 35.1 Å². The summed E-state index contributed by atoms with van der Waals surface area (Å²) in [6.07, 6.45) is 0. The van der Waals surface area contributed by atoms with Crippen molar-refractivity contribution in [2.45, 2.75) is 21.6 Å². The van der Waals surface area contributed by atoms with Gasteiger partial charge in [0.2, 0.25) is 5.91 Å². The van der Waals surface area contributed by atoms with Crippen molar-refractivity contribution >= 4 is 83.4 Å². The normalized spacial score (nSPS) is 12.3. The molecule has 0 spiro atoms. The summed E-state index contributed by atoms with van der Waals surface area (Å²) in [4.78, 5) is 21.3. The van der Waals surface area contributed by atoms with Gasteiger partial charge in [-0.3, -0.25) is 13.9 Å². The van der Waals surface area contributed by atoms with Gasteiger partial charge in [-0.2, -0.15) is 16.8 Å². The van der Waals surface area contributed by atoms with Crippen LogP contribution in [0.1, 0.15) is 17.3 Å². The van der Waals surface area contributed by atoms with Gasteiger partial charge < -0.3 is 20.6 Å². The van der Waals surface area contributed by atoms with Gasteiger partial charge >= 0.3 is 5.97 Å².